The van der Waals surface area contributed by atoms with Gasteiger partial charge < -0.3 is 10.2 Å². The molecular weight excluding hydrogens is 439 g/mol. The SMILES string of the molecule is CCCCNC(=O)C(c1ccccc1)N(Cc1ccc(F)cc1)C(=O)Cc1ccc(Cl)cc1. The molecule has 0 saturated carbocycles. The van der Waals surface area contributed by atoms with E-state index in [9.17, 15) is 14.0 Å². The number of halogens is 2. The van der Waals surface area contributed by atoms with Crippen molar-refractivity contribution in [1.82, 2.24) is 10.2 Å². The molecule has 3 aromatic carbocycles. The van der Waals surface area contributed by atoms with E-state index in [1.54, 1.807) is 41.3 Å². The fourth-order valence-corrected chi connectivity index (χ4v) is 3.71. The third-order valence-electron chi connectivity index (χ3n) is 5.36. The maximum atomic E-state index is 13.6. The first-order valence-corrected chi connectivity index (χ1v) is 11.5. The molecule has 4 nitrogen and oxygen atoms in total. The van der Waals surface area contributed by atoms with Crippen LogP contribution in [-0.2, 0) is 22.6 Å². The molecule has 3 aromatic rings. The van der Waals surface area contributed by atoms with E-state index in [1.165, 1.54) is 12.1 Å². The third-order valence-corrected chi connectivity index (χ3v) is 5.61. The molecule has 2 amide bonds. The minimum atomic E-state index is -0.812. The molecule has 0 spiro atoms. The molecular formula is C27H28ClFN2O2. The highest BCUT2D eigenvalue weighted by Crippen LogP contribution is 2.25. The second-order valence-corrected chi connectivity index (χ2v) is 8.35. The Balaban J connectivity index is 1.96. The second-order valence-electron chi connectivity index (χ2n) is 7.91. The second kappa shape index (κ2) is 12.2. The largest absolute Gasteiger partial charge is 0.354 e. The van der Waals surface area contributed by atoms with Gasteiger partial charge in [-0.2, -0.15) is 0 Å². The van der Waals surface area contributed by atoms with Crippen LogP contribution in [0.3, 0.4) is 0 Å². The van der Waals surface area contributed by atoms with Gasteiger partial charge in [-0.25, -0.2) is 4.39 Å². The van der Waals surface area contributed by atoms with Crippen molar-refractivity contribution < 1.29 is 14.0 Å². The van der Waals surface area contributed by atoms with Gasteiger partial charge in [-0.15, -0.1) is 0 Å². The lowest BCUT2D eigenvalue weighted by Crippen LogP contribution is -2.44. The van der Waals surface area contributed by atoms with Crippen LogP contribution in [0.4, 0.5) is 4.39 Å². The van der Waals surface area contributed by atoms with Gasteiger partial charge in [-0.3, -0.25) is 9.59 Å². The van der Waals surface area contributed by atoms with Crippen molar-refractivity contribution in [2.45, 2.75) is 38.8 Å². The van der Waals surface area contributed by atoms with Crippen molar-refractivity contribution in [3.63, 3.8) is 0 Å². The molecule has 0 aliphatic carbocycles. The molecule has 0 heterocycles. The maximum absolute atomic E-state index is 13.6. The summed E-state index contributed by atoms with van der Waals surface area (Å²) in [5.74, 6) is -0.794. The first-order chi connectivity index (χ1) is 16.0. The number of unbranched alkanes of at least 4 members (excludes halogenated alkanes) is 1. The molecule has 1 atom stereocenters. The van der Waals surface area contributed by atoms with Crippen molar-refractivity contribution >= 4 is 23.4 Å². The highest BCUT2D eigenvalue weighted by Gasteiger charge is 2.31. The lowest BCUT2D eigenvalue weighted by atomic mass is 10.0. The van der Waals surface area contributed by atoms with E-state index in [0.717, 1.165) is 29.5 Å². The molecule has 0 aromatic heterocycles. The molecule has 1 unspecified atom stereocenters. The Morgan fingerprint density at radius 2 is 1.58 bits per heavy atom. The van der Waals surface area contributed by atoms with E-state index >= 15 is 0 Å². The van der Waals surface area contributed by atoms with Crippen LogP contribution in [0.5, 0.6) is 0 Å². The van der Waals surface area contributed by atoms with Crippen molar-refractivity contribution in [3.8, 4) is 0 Å². The minimum absolute atomic E-state index is 0.115. The van der Waals surface area contributed by atoms with Gasteiger partial charge in [0.05, 0.1) is 6.42 Å². The van der Waals surface area contributed by atoms with Crippen LogP contribution in [0, 0.1) is 5.82 Å². The average Bonchev–Trinajstić information content (AvgIpc) is 2.82. The number of nitrogens with zero attached hydrogens (tertiary/aromatic N) is 1. The van der Waals surface area contributed by atoms with E-state index < -0.39 is 6.04 Å². The van der Waals surface area contributed by atoms with E-state index in [-0.39, 0.29) is 30.6 Å². The van der Waals surface area contributed by atoms with Gasteiger partial charge in [-0.05, 0) is 47.4 Å². The summed E-state index contributed by atoms with van der Waals surface area (Å²) >= 11 is 5.98. The summed E-state index contributed by atoms with van der Waals surface area (Å²) in [4.78, 5) is 28.4. The molecule has 0 aliphatic rings. The van der Waals surface area contributed by atoms with Gasteiger partial charge in [0.1, 0.15) is 11.9 Å². The van der Waals surface area contributed by atoms with Crippen LogP contribution < -0.4 is 5.32 Å². The maximum Gasteiger partial charge on any atom is 0.247 e. The number of benzene rings is 3. The number of hydrogen-bond donors (Lipinski definition) is 1. The first kappa shape index (κ1) is 24.5. The molecule has 33 heavy (non-hydrogen) atoms. The molecule has 0 saturated heterocycles. The Labute approximate surface area is 199 Å². The van der Waals surface area contributed by atoms with E-state index in [1.807, 2.05) is 30.3 Å². The zero-order chi connectivity index (χ0) is 23.6. The van der Waals surface area contributed by atoms with Gasteiger partial charge in [0.2, 0.25) is 11.8 Å². The number of carbonyl (C=O) groups excluding carboxylic acids is 2. The Morgan fingerprint density at radius 1 is 0.939 bits per heavy atom. The van der Waals surface area contributed by atoms with Crippen molar-refractivity contribution in [3.05, 3.63) is 106 Å². The number of hydrogen-bond acceptors (Lipinski definition) is 2. The van der Waals surface area contributed by atoms with E-state index in [0.29, 0.717) is 11.6 Å². The molecule has 1 N–H and O–H groups in total. The molecule has 0 radical (unpaired) electrons. The summed E-state index contributed by atoms with van der Waals surface area (Å²) in [5.41, 5.74) is 2.26. The van der Waals surface area contributed by atoms with Crippen LogP contribution in [0.2, 0.25) is 5.02 Å². The molecule has 172 valence electrons. The Bertz CT molecular complexity index is 1040. The van der Waals surface area contributed by atoms with Gasteiger partial charge in [0.25, 0.3) is 0 Å². The molecule has 0 bridgehead atoms. The normalized spacial score (nSPS) is 11.6. The van der Waals surface area contributed by atoms with Gasteiger partial charge in [0, 0.05) is 18.1 Å². The Hall–Kier alpha value is -3.18. The molecule has 3 rings (SSSR count). The van der Waals surface area contributed by atoms with Crippen molar-refractivity contribution in [2.24, 2.45) is 0 Å². The van der Waals surface area contributed by atoms with E-state index in [2.05, 4.69) is 12.2 Å². The summed E-state index contributed by atoms with van der Waals surface area (Å²) in [6.45, 7) is 2.76. The zero-order valence-electron chi connectivity index (χ0n) is 18.6. The van der Waals surface area contributed by atoms with Crippen LogP contribution in [0.25, 0.3) is 0 Å². The summed E-state index contributed by atoms with van der Waals surface area (Å²) < 4.78 is 13.5. The number of carbonyl (C=O) groups is 2. The van der Waals surface area contributed by atoms with E-state index in [4.69, 9.17) is 11.6 Å². The molecule has 6 heteroatoms. The average molecular weight is 467 g/mol. The van der Waals surface area contributed by atoms with Crippen LogP contribution in [-0.4, -0.2) is 23.3 Å². The standard InChI is InChI=1S/C27H28ClFN2O2/c1-2-3-17-30-27(33)26(22-7-5-4-6-8-22)31(19-21-11-15-24(29)16-12-21)25(32)18-20-9-13-23(28)14-10-20/h4-16,26H,2-3,17-19H2,1H3,(H,30,33). The molecule has 0 fully saturated rings. The Kier molecular flexibility index (Phi) is 9.02. The highest BCUT2D eigenvalue weighted by molar-refractivity contribution is 6.30. The number of amides is 2. The number of rotatable bonds is 10. The van der Waals surface area contributed by atoms with Crippen LogP contribution in [0.1, 0.15) is 42.5 Å². The van der Waals surface area contributed by atoms with Gasteiger partial charge >= 0.3 is 0 Å². The van der Waals surface area contributed by atoms with Crippen LogP contribution in [0.15, 0.2) is 78.9 Å². The quantitative estimate of drug-likeness (QED) is 0.389. The lowest BCUT2D eigenvalue weighted by molar-refractivity contribution is -0.141. The first-order valence-electron chi connectivity index (χ1n) is 11.1. The summed E-state index contributed by atoms with van der Waals surface area (Å²) in [6.07, 6.45) is 1.92. The predicted octanol–water partition coefficient (Wildman–Crippen LogP) is 5.71. The molecule has 0 aliphatic heterocycles. The number of nitrogens with one attached hydrogen (secondary N) is 1. The fourth-order valence-electron chi connectivity index (χ4n) is 3.58. The van der Waals surface area contributed by atoms with Crippen molar-refractivity contribution in [1.29, 1.82) is 0 Å². The highest BCUT2D eigenvalue weighted by atomic mass is 35.5. The summed E-state index contributed by atoms with van der Waals surface area (Å²) in [5, 5.41) is 3.56. The van der Waals surface area contributed by atoms with Gasteiger partial charge in [0.15, 0.2) is 0 Å². The van der Waals surface area contributed by atoms with Crippen LogP contribution >= 0.6 is 11.6 Å². The van der Waals surface area contributed by atoms with Gasteiger partial charge in [-0.1, -0.05) is 79.5 Å². The predicted molar refractivity (Wildman–Crippen MR) is 129 cm³/mol. The lowest BCUT2D eigenvalue weighted by Gasteiger charge is -2.32. The summed E-state index contributed by atoms with van der Waals surface area (Å²) in [7, 11) is 0. The summed E-state index contributed by atoms with van der Waals surface area (Å²) in [6, 6.07) is 21.5. The Morgan fingerprint density at radius 3 is 2.21 bits per heavy atom. The smallest absolute Gasteiger partial charge is 0.247 e. The third kappa shape index (κ3) is 7.16. The van der Waals surface area contributed by atoms with Crippen molar-refractivity contribution in [2.75, 3.05) is 6.54 Å². The minimum Gasteiger partial charge on any atom is -0.354 e. The fraction of sp³-hybridized carbons (Fsp3) is 0.259. The monoisotopic (exact) mass is 466 g/mol. The topological polar surface area (TPSA) is 49.4 Å². The zero-order valence-corrected chi connectivity index (χ0v) is 19.4.